The third kappa shape index (κ3) is 6.58. The van der Waals surface area contributed by atoms with Crippen LogP contribution < -0.4 is 0 Å². The third-order valence-corrected chi connectivity index (χ3v) is 6.66. The summed E-state index contributed by atoms with van der Waals surface area (Å²) in [4.78, 5) is 12.7. The van der Waals surface area contributed by atoms with Gasteiger partial charge in [-0.1, -0.05) is 33.6 Å². The van der Waals surface area contributed by atoms with E-state index in [0.717, 1.165) is 36.9 Å². The predicted octanol–water partition coefficient (Wildman–Crippen LogP) is 5.70. The number of fused-ring (bicyclic) bond motifs is 1. The fourth-order valence-electron chi connectivity index (χ4n) is 4.22. The van der Waals surface area contributed by atoms with E-state index in [1.165, 1.54) is 10.5 Å². The van der Waals surface area contributed by atoms with E-state index in [1.807, 2.05) is 30.8 Å². The van der Waals surface area contributed by atoms with E-state index in [4.69, 9.17) is 4.74 Å². The molecule has 0 aliphatic carbocycles. The SMILES string of the molecule is CCOC(=O)CCCCc1ccc(C#Cc2ccc3c(c2)C(C)(C)CC(C)(C)S3)nn1. The van der Waals surface area contributed by atoms with Gasteiger partial charge in [0, 0.05) is 21.6 Å². The lowest BCUT2D eigenvalue weighted by atomic mass is 9.76. The minimum atomic E-state index is -0.132. The molecule has 1 aliphatic rings. The van der Waals surface area contributed by atoms with E-state index in [2.05, 4.69) is 67.9 Å². The quantitative estimate of drug-likeness (QED) is 0.330. The average molecular weight is 437 g/mol. The molecule has 0 radical (unpaired) electrons. The van der Waals surface area contributed by atoms with Gasteiger partial charge in [-0.15, -0.1) is 16.9 Å². The molecule has 0 bridgehead atoms. The number of esters is 1. The Balaban J connectivity index is 1.61. The molecule has 1 aliphatic heterocycles. The zero-order chi connectivity index (χ0) is 22.5. The van der Waals surface area contributed by atoms with Crippen molar-refractivity contribution in [1.29, 1.82) is 0 Å². The summed E-state index contributed by atoms with van der Waals surface area (Å²) in [5.41, 5.74) is 4.12. The summed E-state index contributed by atoms with van der Waals surface area (Å²) in [6.45, 7) is 11.5. The smallest absolute Gasteiger partial charge is 0.305 e. The summed E-state index contributed by atoms with van der Waals surface area (Å²) in [7, 11) is 0. The monoisotopic (exact) mass is 436 g/mol. The Morgan fingerprint density at radius 2 is 1.90 bits per heavy atom. The average Bonchev–Trinajstić information content (AvgIpc) is 2.70. The highest BCUT2D eigenvalue weighted by atomic mass is 32.2. The summed E-state index contributed by atoms with van der Waals surface area (Å²) in [6.07, 6.45) is 4.08. The van der Waals surface area contributed by atoms with E-state index in [9.17, 15) is 4.79 Å². The third-order valence-electron chi connectivity index (χ3n) is 5.39. The van der Waals surface area contributed by atoms with Gasteiger partial charge in [0.15, 0.2) is 0 Å². The summed E-state index contributed by atoms with van der Waals surface area (Å²) in [5.74, 6) is 6.26. The molecule has 2 aromatic rings. The Kier molecular flexibility index (Phi) is 7.43. The van der Waals surface area contributed by atoms with Crippen molar-refractivity contribution in [2.45, 2.75) is 81.8 Å². The first-order valence-corrected chi connectivity index (χ1v) is 11.8. The Morgan fingerprint density at radius 3 is 2.61 bits per heavy atom. The lowest BCUT2D eigenvalue weighted by molar-refractivity contribution is -0.143. The van der Waals surface area contributed by atoms with Crippen LogP contribution in [0.3, 0.4) is 0 Å². The molecule has 0 N–H and O–H groups in total. The van der Waals surface area contributed by atoms with Crippen molar-refractivity contribution in [3.05, 3.63) is 52.8 Å². The van der Waals surface area contributed by atoms with Gasteiger partial charge in [0.05, 0.1) is 12.3 Å². The first-order chi connectivity index (χ1) is 14.7. The first kappa shape index (κ1) is 23.3. The van der Waals surface area contributed by atoms with Gasteiger partial charge in [-0.05, 0) is 79.8 Å². The number of unbranched alkanes of at least 4 members (excludes halogenated alkanes) is 1. The molecule has 0 amide bonds. The standard InChI is InChI=1S/C26H32N2O2S/c1-6-30-24(29)10-8-7-9-20-14-15-21(28-27-20)13-11-19-12-16-23-22(17-19)25(2,3)18-26(4,5)31-23/h12,14-17H,6-10,18H2,1-5H3. The zero-order valence-electron chi connectivity index (χ0n) is 19.2. The number of hydrogen-bond donors (Lipinski definition) is 0. The molecule has 0 unspecified atom stereocenters. The van der Waals surface area contributed by atoms with Crippen molar-refractivity contribution >= 4 is 17.7 Å². The van der Waals surface area contributed by atoms with E-state index >= 15 is 0 Å². The van der Waals surface area contributed by atoms with Crippen LogP contribution in [-0.4, -0.2) is 27.5 Å². The van der Waals surface area contributed by atoms with Crippen LogP contribution in [0, 0.1) is 11.8 Å². The number of thioether (sulfide) groups is 1. The van der Waals surface area contributed by atoms with Crippen molar-refractivity contribution in [3.63, 3.8) is 0 Å². The predicted molar refractivity (Wildman–Crippen MR) is 126 cm³/mol. The first-order valence-electron chi connectivity index (χ1n) is 11.0. The molecule has 31 heavy (non-hydrogen) atoms. The van der Waals surface area contributed by atoms with Crippen LogP contribution in [0.25, 0.3) is 0 Å². The summed E-state index contributed by atoms with van der Waals surface area (Å²) in [6, 6.07) is 10.4. The molecule has 0 atom stereocenters. The largest absolute Gasteiger partial charge is 0.466 e. The minimum Gasteiger partial charge on any atom is -0.466 e. The number of carbonyl (C=O) groups excluding carboxylic acids is 1. The number of carbonyl (C=O) groups is 1. The summed E-state index contributed by atoms with van der Waals surface area (Å²) < 4.78 is 5.19. The van der Waals surface area contributed by atoms with Crippen LogP contribution in [0.4, 0.5) is 0 Å². The van der Waals surface area contributed by atoms with Crippen LogP contribution in [0.1, 0.15) is 82.8 Å². The minimum absolute atomic E-state index is 0.132. The van der Waals surface area contributed by atoms with Gasteiger partial charge >= 0.3 is 5.97 Å². The fourth-order valence-corrected chi connectivity index (χ4v) is 5.83. The lowest BCUT2D eigenvalue weighted by Crippen LogP contribution is -2.33. The second-order valence-corrected chi connectivity index (χ2v) is 11.1. The van der Waals surface area contributed by atoms with Crippen molar-refractivity contribution in [3.8, 4) is 11.8 Å². The van der Waals surface area contributed by atoms with Gasteiger partial charge in [-0.25, -0.2) is 0 Å². The molecule has 164 valence electrons. The Bertz CT molecular complexity index is 985. The Hall–Kier alpha value is -2.32. The van der Waals surface area contributed by atoms with Crippen molar-refractivity contribution < 1.29 is 9.53 Å². The molecule has 2 heterocycles. The van der Waals surface area contributed by atoms with E-state index in [-0.39, 0.29) is 16.1 Å². The zero-order valence-corrected chi connectivity index (χ0v) is 20.1. The number of hydrogen-bond acceptors (Lipinski definition) is 5. The molecule has 1 aromatic carbocycles. The maximum atomic E-state index is 11.4. The van der Waals surface area contributed by atoms with Gasteiger partial charge in [-0.3, -0.25) is 4.79 Å². The van der Waals surface area contributed by atoms with E-state index < -0.39 is 0 Å². The molecule has 0 saturated carbocycles. The van der Waals surface area contributed by atoms with E-state index in [0.29, 0.717) is 18.7 Å². The number of nitrogens with zero attached hydrogens (tertiary/aromatic N) is 2. The number of aromatic nitrogens is 2. The van der Waals surface area contributed by atoms with Crippen molar-refractivity contribution in [1.82, 2.24) is 10.2 Å². The van der Waals surface area contributed by atoms with Crippen molar-refractivity contribution in [2.75, 3.05) is 6.61 Å². The molecule has 0 spiro atoms. The van der Waals surface area contributed by atoms with Gasteiger partial charge in [0.1, 0.15) is 5.69 Å². The topological polar surface area (TPSA) is 52.1 Å². The highest BCUT2D eigenvalue weighted by molar-refractivity contribution is 8.00. The number of ether oxygens (including phenoxy) is 1. The molecule has 0 fully saturated rings. The van der Waals surface area contributed by atoms with Crippen LogP contribution in [0.15, 0.2) is 35.2 Å². The molecule has 4 nitrogen and oxygen atoms in total. The molecule has 0 saturated heterocycles. The molecule has 3 rings (SSSR count). The normalized spacial score (nSPS) is 16.0. The Labute approximate surface area is 190 Å². The Morgan fingerprint density at radius 1 is 1.10 bits per heavy atom. The second-order valence-electron chi connectivity index (χ2n) is 9.31. The maximum absolute atomic E-state index is 11.4. The maximum Gasteiger partial charge on any atom is 0.305 e. The van der Waals surface area contributed by atoms with Crippen LogP contribution in [-0.2, 0) is 21.4 Å². The highest BCUT2D eigenvalue weighted by Gasteiger charge is 2.37. The van der Waals surface area contributed by atoms with Gasteiger partial charge in [-0.2, -0.15) is 5.10 Å². The molecule has 1 aromatic heterocycles. The van der Waals surface area contributed by atoms with Gasteiger partial charge in [0.2, 0.25) is 0 Å². The molecular weight excluding hydrogens is 404 g/mol. The van der Waals surface area contributed by atoms with Crippen LogP contribution in [0.5, 0.6) is 0 Å². The summed E-state index contributed by atoms with van der Waals surface area (Å²) in [5, 5.41) is 8.53. The van der Waals surface area contributed by atoms with E-state index in [1.54, 1.807) is 0 Å². The van der Waals surface area contributed by atoms with Crippen molar-refractivity contribution in [2.24, 2.45) is 0 Å². The molecular formula is C26H32N2O2S. The number of aryl methyl sites for hydroxylation is 1. The number of benzene rings is 1. The summed E-state index contributed by atoms with van der Waals surface area (Å²) >= 11 is 1.96. The van der Waals surface area contributed by atoms with Crippen LogP contribution >= 0.6 is 11.8 Å². The van der Waals surface area contributed by atoms with Gasteiger partial charge < -0.3 is 4.74 Å². The van der Waals surface area contributed by atoms with Crippen LogP contribution in [0.2, 0.25) is 0 Å². The number of rotatable bonds is 6. The second kappa shape index (κ2) is 9.87. The fraction of sp³-hybridized carbons (Fsp3) is 0.500. The highest BCUT2D eigenvalue weighted by Crippen LogP contribution is 2.50. The lowest BCUT2D eigenvalue weighted by Gasteiger charge is -2.41. The molecule has 5 heteroatoms. The van der Waals surface area contributed by atoms with Gasteiger partial charge in [0.25, 0.3) is 0 Å².